The number of benzene rings is 2. The second-order valence-corrected chi connectivity index (χ2v) is 6.25. The molecule has 0 aliphatic carbocycles. The Labute approximate surface area is 145 Å². The molecule has 0 aliphatic heterocycles. The smallest absolute Gasteiger partial charge is 0.265 e. The summed E-state index contributed by atoms with van der Waals surface area (Å²) in [5.74, 6) is 0.0956. The van der Waals surface area contributed by atoms with Crippen molar-refractivity contribution in [1.29, 1.82) is 5.26 Å². The van der Waals surface area contributed by atoms with Crippen LogP contribution in [0.2, 0.25) is 0 Å². The Kier molecular flexibility index (Phi) is 5.58. The third-order valence-electron chi connectivity index (χ3n) is 2.87. The number of nitriles is 1. The van der Waals surface area contributed by atoms with Crippen molar-refractivity contribution in [2.24, 2.45) is 0 Å². The number of anilines is 1. The topological polar surface area (TPSA) is 62.1 Å². The maximum Gasteiger partial charge on any atom is 0.265 e. The predicted molar refractivity (Wildman–Crippen MR) is 91.7 cm³/mol. The molecule has 22 heavy (non-hydrogen) atoms. The third kappa shape index (κ3) is 4.09. The monoisotopic (exact) mass is 422 g/mol. The molecule has 0 unspecified atom stereocenters. The van der Waals surface area contributed by atoms with Gasteiger partial charge in [-0.25, -0.2) is 0 Å². The molecule has 0 heterocycles. The highest BCUT2D eigenvalue weighted by atomic mass is 79.9. The summed E-state index contributed by atoms with van der Waals surface area (Å²) in [5.41, 5.74) is 1.05. The van der Waals surface area contributed by atoms with Crippen molar-refractivity contribution in [3.8, 4) is 11.8 Å². The average Bonchev–Trinajstić information content (AvgIpc) is 2.50. The van der Waals surface area contributed by atoms with E-state index < -0.39 is 6.10 Å². The van der Waals surface area contributed by atoms with E-state index >= 15 is 0 Å². The lowest BCUT2D eigenvalue weighted by molar-refractivity contribution is -0.122. The van der Waals surface area contributed by atoms with Gasteiger partial charge in [-0.2, -0.15) is 5.26 Å². The van der Waals surface area contributed by atoms with Crippen LogP contribution in [-0.4, -0.2) is 12.0 Å². The highest BCUT2D eigenvalue weighted by Gasteiger charge is 2.17. The lowest BCUT2D eigenvalue weighted by Gasteiger charge is -2.16. The number of nitrogens with one attached hydrogen (secondary N) is 1. The highest BCUT2D eigenvalue weighted by molar-refractivity contribution is 9.11. The van der Waals surface area contributed by atoms with Crippen LogP contribution in [0.25, 0.3) is 0 Å². The van der Waals surface area contributed by atoms with E-state index in [9.17, 15) is 4.79 Å². The van der Waals surface area contributed by atoms with Crippen LogP contribution < -0.4 is 10.1 Å². The Morgan fingerprint density at radius 1 is 1.27 bits per heavy atom. The van der Waals surface area contributed by atoms with Crippen LogP contribution in [0.5, 0.6) is 5.75 Å². The fourth-order valence-corrected chi connectivity index (χ4v) is 2.88. The van der Waals surface area contributed by atoms with Crippen LogP contribution in [0.4, 0.5) is 5.69 Å². The van der Waals surface area contributed by atoms with Gasteiger partial charge in [-0.1, -0.05) is 28.1 Å². The lowest BCUT2D eigenvalue weighted by Crippen LogP contribution is -2.30. The van der Waals surface area contributed by atoms with Gasteiger partial charge in [0.1, 0.15) is 11.8 Å². The molecule has 0 radical (unpaired) electrons. The number of halogens is 2. The minimum Gasteiger partial charge on any atom is -0.480 e. The van der Waals surface area contributed by atoms with E-state index in [1.165, 1.54) is 0 Å². The van der Waals surface area contributed by atoms with E-state index in [1.807, 2.05) is 18.2 Å². The number of para-hydroxylation sites is 1. The fraction of sp³-hybridized carbons (Fsp3) is 0.125. The molecule has 112 valence electrons. The second-order valence-electron chi connectivity index (χ2n) is 4.48. The zero-order valence-electron chi connectivity index (χ0n) is 11.6. The van der Waals surface area contributed by atoms with Gasteiger partial charge in [-0.3, -0.25) is 4.79 Å². The summed E-state index contributed by atoms with van der Waals surface area (Å²) < 4.78 is 7.25. The minimum atomic E-state index is -0.731. The minimum absolute atomic E-state index is 0.296. The Hall–Kier alpha value is -1.84. The van der Waals surface area contributed by atoms with Crippen LogP contribution in [0.15, 0.2) is 51.4 Å². The Morgan fingerprint density at radius 3 is 2.68 bits per heavy atom. The Morgan fingerprint density at radius 2 is 2.00 bits per heavy atom. The molecule has 2 aromatic rings. The molecule has 1 atom stereocenters. The summed E-state index contributed by atoms with van der Waals surface area (Å²) in [6.45, 7) is 1.64. The third-order valence-corrected chi connectivity index (χ3v) is 4.02. The van der Waals surface area contributed by atoms with Crippen LogP contribution in [0.3, 0.4) is 0 Å². The number of carbonyl (C=O) groups is 1. The summed E-state index contributed by atoms with van der Waals surface area (Å²) in [5, 5.41) is 11.8. The molecule has 0 fully saturated rings. The maximum atomic E-state index is 12.2. The standard InChI is InChI=1S/C16H12Br2N2O2/c1-10(22-15-5-3-2-4-11(15)9-19)16(21)20-14-7-6-12(17)8-13(14)18/h2-8,10H,1H3,(H,20,21)/t10-/m1/s1. The molecule has 0 saturated carbocycles. The van der Waals surface area contributed by atoms with Crippen molar-refractivity contribution in [2.45, 2.75) is 13.0 Å². The average molecular weight is 424 g/mol. The van der Waals surface area contributed by atoms with Gasteiger partial charge < -0.3 is 10.1 Å². The van der Waals surface area contributed by atoms with Gasteiger partial charge in [0.05, 0.1) is 11.3 Å². The molecule has 0 bridgehead atoms. The molecule has 0 spiro atoms. The zero-order chi connectivity index (χ0) is 16.1. The van der Waals surface area contributed by atoms with Crippen LogP contribution >= 0.6 is 31.9 Å². The van der Waals surface area contributed by atoms with Crippen molar-refractivity contribution < 1.29 is 9.53 Å². The predicted octanol–water partition coefficient (Wildman–Crippen LogP) is 4.49. The van der Waals surface area contributed by atoms with Gasteiger partial charge in [0.2, 0.25) is 0 Å². The molecule has 0 aromatic heterocycles. The van der Waals surface area contributed by atoms with E-state index in [1.54, 1.807) is 37.3 Å². The number of rotatable bonds is 4. The van der Waals surface area contributed by atoms with Gasteiger partial charge in [0, 0.05) is 8.95 Å². The van der Waals surface area contributed by atoms with Crippen LogP contribution in [0, 0.1) is 11.3 Å². The fourth-order valence-electron chi connectivity index (χ4n) is 1.73. The van der Waals surface area contributed by atoms with Gasteiger partial charge in [0.25, 0.3) is 5.91 Å². The van der Waals surface area contributed by atoms with Crippen molar-refractivity contribution in [2.75, 3.05) is 5.32 Å². The number of nitrogens with zero attached hydrogens (tertiary/aromatic N) is 1. The lowest BCUT2D eigenvalue weighted by atomic mass is 10.2. The molecule has 2 rings (SSSR count). The quantitative estimate of drug-likeness (QED) is 0.787. The Balaban J connectivity index is 2.08. The first-order valence-electron chi connectivity index (χ1n) is 6.43. The van der Waals surface area contributed by atoms with E-state index in [-0.39, 0.29) is 5.91 Å². The molecular weight excluding hydrogens is 412 g/mol. The maximum absolute atomic E-state index is 12.2. The first kappa shape index (κ1) is 16.5. The van der Waals surface area contributed by atoms with Gasteiger partial charge in [-0.05, 0) is 53.2 Å². The summed E-state index contributed by atoms with van der Waals surface area (Å²) in [6, 6.07) is 14.3. The summed E-state index contributed by atoms with van der Waals surface area (Å²) in [4.78, 5) is 12.2. The number of amides is 1. The molecule has 1 N–H and O–H groups in total. The number of hydrogen-bond acceptors (Lipinski definition) is 3. The van der Waals surface area contributed by atoms with Crippen LogP contribution in [0.1, 0.15) is 12.5 Å². The van der Waals surface area contributed by atoms with Crippen LogP contribution in [-0.2, 0) is 4.79 Å². The molecule has 0 saturated heterocycles. The molecule has 2 aromatic carbocycles. The molecular formula is C16H12Br2N2O2. The SMILES string of the molecule is C[C@@H](Oc1ccccc1C#N)C(=O)Nc1ccc(Br)cc1Br. The van der Waals surface area contributed by atoms with Gasteiger partial charge >= 0.3 is 0 Å². The molecule has 4 nitrogen and oxygen atoms in total. The molecule has 1 amide bonds. The normalized spacial score (nSPS) is 11.4. The van der Waals surface area contributed by atoms with Crippen molar-refractivity contribution in [3.63, 3.8) is 0 Å². The zero-order valence-corrected chi connectivity index (χ0v) is 14.8. The second kappa shape index (κ2) is 7.43. The van der Waals surface area contributed by atoms with E-state index in [0.29, 0.717) is 17.0 Å². The number of carbonyl (C=O) groups excluding carboxylic acids is 1. The molecule has 0 aliphatic rings. The van der Waals surface area contributed by atoms with E-state index in [0.717, 1.165) is 8.95 Å². The first-order valence-corrected chi connectivity index (χ1v) is 8.01. The van der Waals surface area contributed by atoms with Crippen molar-refractivity contribution in [1.82, 2.24) is 0 Å². The van der Waals surface area contributed by atoms with Crippen molar-refractivity contribution >= 4 is 43.5 Å². The number of hydrogen-bond donors (Lipinski definition) is 1. The summed E-state index contributed by atoms with van der Waals surface area (Å²) >= 11 is 6.74. The van der Waals surface area contributed by atoms with Gasteiger partial charge in [-0.15, -0.1) is 0 Å². The summed E-state index contributed by atoms with van der Waals surface area (Å²) in [7, 11) is 0. The summed E-state index contributed by atoms with van der Waals surface area (Å²) in [6.07, 6.45) is -0.731. The Bertz CT molecular complexity index is 741. The van der Waals surface area contributed by atoms with E-state index in [2.05, 4.69) is 37.2 Å². The largest absolute Gasteiger partial charge is 0.480 e. The molecule has 6 heteroatoms. The highest BCUT2D eigenvalue weighted by Crippen LogP contribution is 2.26. The van der Waals surface area contributed by atoms with Crippen molar-refractivity contribution in [3.05, 3.63) is 57.0 Å². The van der Waals surface area contributed by atoms with Gasteiger partial charge in [0.15, 0.2) is 6.10 Å². The van der Waals surface area contributed by atoms with E-state index in [4.69, 9.17) is 10.00 Å². The first-order chi connectivity index (χ1) is 10.5. The number of ether oxygens (including phenoxy) is 1.